The first-order valence-corrected chi connectivity index (χ1v) is 8.40. The molecule has 0 aliphatic carbocycles. The van der Waals surface area contributed by atoms with E-state index in [4.69, 9.17) is 10.7 Å². The molecule has 0 radical (unpaired) electrons. The number of thiophene rings is 1. The minimum Gasteiger partial charge on any atom is -0.366 e. The molecular weight excluding hydrogens is 324 g/mol. The molecule has 0 saturated carbocycles. The fraction of sp³-hybridized carbons (Fsp3) is 0.188. The number of imidazole rings is 1. The van der Waals surface area contributed by atoms with Gasteiger partial charge in [0.15, 0.2) is 11.5 Å². The van der Waals surface area contributed by atoms with E-state index >= 15 is 0 Å². The lowest BCUT2D eigenvalue weighted by Crippen LogP contribution is -2.14. The van der Waals surface area contributed by atoms with E-state index < -0.39 is 0 Å². The van der Waals surface area contributed by atoms with Gasteiger partial charge in [-0.2, -0.15) is 0 Å². The van der Waals surface area contributed by atoms with Crippen LogP contribution in [0.4, 0.5) is 5.82 Å². The number of aromatic nitrogens is 4. The van der Waals surface area contributed by atoms with Crippen molar-refractivity contribution in [3.05, 3.63) is 46.5 Å². The van der Waals surface area contributed by atoms with Crippen LogP contribution >= 0.6 is 11.3 Å². The smallest absolute Gasteiger partial charge is 0.248 e. The highest BCUT2D eigenvalue weighted by Gasteiger charge is 2.15. The van der Waals surface area contributed by atoms with E-state index in [0.717, 1.165) is 32.3 Å². The molecule has 4 rings (SSSR count). The normalized spacial score (nSPS) is 11.4. The topological polar surface area (TPSA) is 101 Å². The fourth-order valence-electron chi connectivity index (χ4n) is 2.68. The second kappa shape index (κ2) is 5.73. The number of anilines is 1. The monoisotopic (exact) mass is 340 g/mol. The molecule has 4 heterocycles. The number of nitrogens with two attached hydrogens (primary N) is 1. The summed E-state index contributed by atoms with van der Waals surface area (Å²) in [7, 11) is 0. The highest BCUT2D eigenvalue weighted by atomic mass is 32.1. The maximum Gasteiger partial charge on any atom is 0.248 e. The van der Waals surface area contributed by atoms with E-state index in [9.17, 15) is 4.79 Å². The Morgan fingerprint density at radius 1 is 1.42 bits per heavy atom. The van der Waals surface area contributed by atoms with Crippen molar-refractivity contribution in [3.63, 3.8) is 0 Å². The zero-order valence-corrected chi connectivity index (χ0v) is 13.9. The third-order valence-electron chi connectivity index (χ3n) is 3.75. The molecule has 0 amide bonds. The van der Waals surface area contributed by atoms with Crippen LogP contribution in [0.3, 0.4) is 0 Å². The van der Waals surface area contributed by atoms with Crippen molar-refractivity contribution < 1.29 is 0 Å². The standard InChI is InChI=1S/C16H16N6OS/c1-9-8-19-15-14(18-6-5-17)21-11-7-12(24-16(11)22(9)15)10-3-2-4-13(23)20-10/h2-4,7-8H,5-6,17H2,1H3,(H,18,21)(H,20,23). The first kappa shape index (κ1) is 14.9. The van der Waals surface area contributed by atoms with Crippen molar-refractivity contribution in [2.24, 2.45) is 5.73 Å². The largest absolute Gasteiger partial charge is 0.366 e. The van der Waals surface area contributed by atoms with Crippen LogP contribution in [0.15, 0.2) is 35.3 Å². The quantitative estimate of drug-likeness (QED) is 0.527. The third-order valence-corrected chi connectivity index (χ3v) is 4.89. The maximum absolute atomic E-state index is 11.6. The Morgan fingerprint density at radius 3 is 3.08 bits per heavy atom. The van der Waals surface area contributed by atoms with Gasteiger partial charge in [0, 0.05) is 31.0 Å². The number of hydrogen-bond donors (Lipinski definition) is 3. The Balaban J connectivity index is 1.97. The van der Waals surface area contributed by atoms with Gasteiger partial charge in [-0.05, 0) is 19.1 Å². The summed E-state index contributed by atoms with van der Waals surface area (Å²) in [4.78, 5) is 25.5. The lowest BCUT2D eigenvalue weighted by atomic mass is 10.3. The average Bonchev–Trinajstić information content (AvgIpc) is 3.16. The number of nitrogens with one attached hydrogen (secondary N) is 2. The summed E-state index contributed by atoms with van der Waals surface area (Å²) >= 11 is 1.58. The summed E-state index contributed by atoms with van der Waals surface area (Å²) < 4.78 is 2.08. The van der Waals surface area contributed by atoms with Crippen molar-refractivity contribution in [1.82, 2.24) is 19.4 Å². The zero-order valence-electron chi connectivity index (χ0n) is 13.0. The van der Waals surface area contributed by atoms with Crippen LogP contribution in [-0.2, 0) is 0 Å². The Bertz CT molecular complexity index is 1090. The molecule has 4 aromatic rings. The number of fused-ring (bicyclic) bond motifs is 3. The minimum atomic E-state index is -0.118. The molecule has 0 fully saturated rings. The lowest BCUT2D eigenvalue weighted by molar-refractivity contribution is 1.01. The van der Waals surface area contributed by atoms with Crippen LogP contribution in [0.5, 0.6) is 0 Å². The second-order valence-corrected chi connectivity index (χ2v) is 6.49. The Morgan fingerprint density at radius 2 is 2.29 bits per heavy atom. The van der Waals surface area contributed by atoms with Crippen molar-refractivity contribution >= 4 is 33.1 Å². The lowest BCUT2D eigenvalue weighted by Gasteiger charge is -2.07. The summed E-state index contributed by atoms with van der Waals surface area (Å²) in [5.41, 5.74) is 8.92. The van der Waals surface area contributed by atoms with Gasteiger partial charge < -0.3 is 16.0 Å². The first-order valence-electron chi connectivity index (χ1n) is 7.58. The number of rotatable bonds is 4. The van der Waals surface area contributed by atoms with Gasteiger partial charge in [-0.25, -0.2) is 9.97 Å². The molecule has 8 heteroatoms. The SMILES string of the molecule is Cc1cnc2c(NCCN)nc3cc(-c4cccc(=O)[nH]4)sc3n12. The summed E-state index contributed by atoms with van der Waals surface area (Å²) in [6.07, 6.45) is 1.83. The van der Waals surface area contributed by atoms with Crippen molar-refractivity contribution in [2.75, 3.05) is 18.4 Å². The number of aryl methyl sites for hydroxylation is 1. The molecule has 0 spiro atoms. The van der Waals surface area contributed by atoms with Gasteiger partial charge in [0.1, 0.15) is 10.3 Å². The van der Waals surface area contributed by atoms with E-state index in [0.29, 0.717) is 18.9 Å². The van der Waals surface area contributed by atoms with Gasteiger partial charge in [0.2, 0.25) is 5.56 Å². The Labute approximate surface area is 141 Å². The molecule has 7 nitrogen and oxygen atoms in total. The number of nitrogens with zero attached hydrogens (tertiary/aromatic N) is 3. The van der Waals surface area contributed by atoms with Gasteiger partial charge in [-0.15, -0.1) is 11.3 Å². The van der Waals surface area contributed by atoms with Crippen LogP contribution in [0.1, 0.15) is 5.69 Å². The summed E-state index contributed by atoms with van der Waals surface area (Å²) in [5, 5.41) is 3.23. The molecule has 0 aliphatic rings. The summed E-state index contributed by atoms with van der Waals surface area (Å²) in [6.45, 7) is 3.16. The van der Waals surface area contributed by atoms with Gasteiger partial charge >= 0.3 is 0 Å². The number of hydrogen-bond acceptors (Lipinski definition) is 6. The Hall–Kier alpha value is -2.71. The van der Waals surface area contributed by atoms with Crippen LogP contribution in [-0.4, -0.2) is 32.4 Å². The van der Waals surface area contributed by atoms with E-state index in [1.54, 1.807) is 17.4 Å². The first-order chi connectivity index (χ1) is 11.7. The van der Waals surface area contributed by atoms with Crippen molar-refractivity contribution in [1.29, 1.82) is 0 Å². The molecule has 4 N–H and O–H groups in total. The molecule has 0 saturated heterocycles. The fourth-order valence-corrected chi connectivity index (χ4v) is 3.82. The second-order valence-electron chi connectivity index (χ2n) is 5.46. The summed E-state index contributed by atoms with van der Waals surface area (Å²) in [6, 6.07) is 7.12. The molecule has 0 bridgehead atoms. The van der Waals surface area contributed by atoms with Gasteiger partial charge in [-0.3, -0.25) is 9.20 Å². The molecular formula is C16H16N6OS. The van der Waals surface area contributed by atoms with E-state index in [1.165, 1.54) is 6.07 Å². The highest BCUT2D eigenvalue weighted by Crippen LogP contribution is 2.33. The highest BCUT2D eigenvalue weighted by molar-refractivity contribution is 7.21. The number of aromatic amines is 1. The van der Waals surface area contributed by atoms with Gasteiger partial charge in [-0.1, -0.05) is 6.07 Å². The number of H-pyrrole nitrogens is 1. The molecule has 0 aliphatic heterocycles. The van der Waals surface area contributed by atoms with Crippen LogP contribution in [0.2, 0.25) is 0 Å². The molecule has 0 aromatic carbocycles. The Kier molecular flexibility index (Phi) is 3.55. The minimum absolute atomic E-state index is 0.118. The predicted molar refractivity (Wildman–Crippen MR) is 96.7 cm³/mol. The van der Waals surface area contributed by atoms with Crippen molar-refractivity contribution in [3.8, 4) is 10.6 Å². The molecule has 0 atom stereocenters. The molecule has 24 heavy (non-hydrogen) atoms. The van der Waals surface area contributed by atoms with E-state index in [2.05, 4.69) is 19.7 Å². The van der Waals surface area contributed by atoms with E-state index in [-0.39, 0.29) is 5.56 Å². The van der Waals surface area contributed by atoms with Crippen molar-refractivity contribution in [2.45, 2.75) is 6.92 Å². The molecule has 0 unspecified atom stereocenters. The predicted octanol–water partition coefficient (Wildman–Crippen LogP) is 1.98. The molecule has 4 aromatic heterocycles. The van der Waals surface area contributed by atoms with Crippen LogP contribution in [0.25, 0.3) is 26.6 Å². The van der Waals surface area contributed by atoms with Gasteiger partial charge in [0.25, 0.3) is 0 Å². The van der Waals surface area contributed by atoms with Gasteiger partial charge in [0.05, 0.1) is 10.6 Å². The maximum atomic E-state index is 11.6. The van der Waals surface area contributed by atoms with Crippen LogP contribution in [0, 0.1) is 6.92 Å². The number of pyridine rings is 1. The van der Waals surface area contributed by atoms with Crippen LogP contribution < -0.4 is 16.6 Å². The zero-order chi connectivity index (χ0) is 16.7. The van der Waals surface area contributed by atoms with E-state index in [1.807, 2.05) is 25.3 Å². The molecule has 122 valence electrons. The average molecular weight is 340 g/mol. The summed E-state index contributed by atoms with van der Waals surface area (Å²) in [5.74, 6) is 0.715. The third kappa shape index (κ3) is 2.36.